The minimum atomic E-state index is -0.869. The Balaban J connectivity index is 2.27. The smallest absolute Gasteiger partial charge is 0.335 e. The van der Waals surface area contributed by atoms with E-state index in [1.807, 2.05) is 0 Å². The molecule has 0 aliphatic carbocycles. The minimum absolute atomic E-state index is 0.354. The van der Waals surface area contributed by atoms with E-state index in [4.69, 9.17) is 0 Å². The van der Waals surface area contributed by atoms with Gasteiger partial charge in [0.1, 0.15) is 5.82 Å². The number of pyridine rings is 1. The van der Waals surface area contributed by atoms with Gasteiger partial charge in [-0.15, -0.1) is 0 Å². The molecule has 0 saturated carbocycles. The van der Waals surface area contributed by atoms with Gasteiger partial charge in [-0.1, -0.05) is 27.2 Å². The summed E-state index contributed by atoms with van der Waals surface area (Å²) in [6.07, 6.45) is 5.27. The Bertz CT molecular complexity index is 512. The van der Waals surface area contributed by atoms with E-state index in [2.05, 4.69) is 30.7 Å². The lowest BCUT2D eigenvalue weighted by Gasteiger charge is -2.24. The Kier molecular flexibility index (Phi) is 4.86. The van der Waals surface area contributed by atoms with Crippen LogP contribution in [0.25, 0.3) is 0 Å². The number of aromatic carboxylic acids is 1. The summed E-state index contributed by atoms with van der Waals surface area (Å²) in [7, 11) is 0. The first-order chi connectivity index (χ1) is 9.91. The predicted octanol–water partition coefficient (Wildman–Crippen LogP) is 3.75. The molecule has 0 atom stereocenters. The van der Waals surface area contributed by atoms with Crippen LogP contribution in [0.3, 0.4) is 0 Å². The van der Waals surface area contributed by atoms with E-state index in [9.17, 15) is 9.90 Å². The quantitative estimate of drug-likeness (QED) is 0.917. The van der Waals surface area contributed by atoms with E-state index in [-0.39, 0.29) is 0 Å². The van der Waals surface area contributed by atoms with Crippen molar-refractivity contribution in [1.29, 1.82) is 0 Å². The van der Waals surface area contributed by atoms with E-state index in [0.717, 1.165) is 50.3 Å². The van der Waals surface area contributed by atoms with Crippen LogP contribution in [-0.2, 0) is 6.42 Å². The number of rotatable bonds is 4. The monoisotopic (exact) mass is 290 g/mol. The van der Waals surface area contributed by atoms with Crippen molar-refractivity contribution in [2.24, 2.45) is 5.41 Å². The second-order valence-corrected chi connectivity index (χ2v) is 6.77. The number of aromatic nitrogens is 1. The highest BCUT2D eigenvalue weighted by Crippen LogP contribution is 2.31. The second kappa shape index (κ2) is 6.46. The van der Waals surface area contributed by atoms with Gasteiger partial charge >= 0.3 is 5.97 Å². The van der Waals surface area contributed by atoms with Crippen molar-refractivity contribution < 1.29 is 9.90 Å². The summed E-state index contributed by atoms with van der Waals surface area (Å²) in [6, 6.07) is 3.43. The van der Waals surface area contributed by atoms with Gasteiger partial charge in [0.25, 0.3) is 0 Å². The molecule has 116 valence electrons. The number of carboxylic acid groups (broad SMARTS) is 1. The summed E-state index contributed by atoms with van der Waals surface area (Å²) in [6.45, 7) is 8.61. The molecule has 0 radical (unpaired) electrons. The van der Waals surface area contributed by atoms with Crippen LogP contribution in [0.15, 0.2) is 12.1 Å². The van der Waals surface area contributed by atoms with Crippen LogP contribution >= 0.6 is 0 Å². The lowest BCUT2D eigenvalue weighted by atomic mass is 9.85. The highest BCUT2D eigenvalue weighted by Gasteiger charge is 2.24. The lowest BCUT2D eigenvalue weighted by Crippen LogP contribution is -2.26. The number of aryl methyl sites for hydroxylation is 1. The highest BCUT2D eigenvalue weighted by molar-refractivity contribution is 5.88. The van der Waals surface area contributed by atoms with Crippen LogP contribution in [0, 0.1) is 5.41 Å². The molecule has 1 N–H and O–H groups in total. The van der Waals surface area contributed by atoms with Crippen molar-refractivity contribution >= 4 is 11.8 Å². The molecule has 1 saturated heterocycles. The molecule has 0 bridgehead atoms. The van der Waals surface area contributed by atoms with Gasteiger partial charge in [-0.05, 0) is 43.2 Å². The molecule has 0 spiro atoms. The summed E-state index contributed by atoms with van der Waals surface area (Å²) in [5.74, 6) is -0.0396. The maximum absolute atomic E-state index is 11.3. The standard InChI is InChI=1S/C17H26N2O2/c1-4-6-14-11-13(16(20)21)12-15(18-14)19-9-5-7-17(2,3)8-10-19/h11-12H,4-10H2,1-3H3,(H,20,21). The number of nitrogens with zero attached hydrogens (tertiary/aromatic N) is 2. The molecule has 1 aliphatic rings. The SMILES string of the molecule is CCCc1cc(C(=O)O)cc(N2CCCC(C)(C)CC2)n1. The Morgan fingerprint density at radius 2 is 2.10 bits per heavy atom. The zero-order valence-corrected chi connectivity index (χ0v) is 13.4. The van der Waals surface area contributed by atoms with E-state index in [1.54, 1.807) is 12.1 Å². The van der Waals surface area contributed by atoms with Gasteiger partial charge in [0.05, 0.1) is 5.56 Å². The van der Waals surface area contributed by atoms with E-state index in [0.29, 0.717) is 11.0 Å². The topological polar surface area (TPSA) is 53.4 Å². The molecule has 0 amide bonds. The molecule has 2 heterocycles. The maximum atomic E-state index is 11.3. The Morgan fingerprint density at radius 1 is 1.33 bits per heavy atom. The summed E-state index contributed by atoms with van der Waals surface area (Å²) >= 11 is 0. The Labute approximate surface area is 127 Å². The fourth-order valence-corrected chi connectivity index (χ4v) is 2.89. The first-order valence-corrected chi connectivity index (χ1v) is 7.90. The number of carboxylic acids is 1. The van der Waals surface area contributed by atoms with Crippen LogP contribution in [-0.4, -0.2) is 29.1 Å². The fourth-order valence-electron chi connectivity index (χ4n) is 2.89. The zero-order chi connectivity index (χ0) is 15.5. The summed E-state index contributed by atoms with van der Waals surface area (Å²) in [5, 5.41) is 9.29. The third kappa shape index (κ3) is 4.19. The molecule has 0 aromatic carbocycles. The molecule has 21 heavy (non-hydrogen) atoms. The van der Waals surface area contributed by atoms with Crippen LogP contribution in [0.2, 0.25) is 0 Å². The van der Waals surface area contributed by atoms with Gasteiger partial charge < -0.3 is 10.0 Å². The molecule has 1 aromatic rings. The third-order valence-electron chi connectivity index (χ3n) is 4.28. The van der Waals surface area contributed by atoms with E-state index >= 15 is 0 Å². The van der Waals surface area contributed by atoms with Crippen molar-refractivity contribution in [2.45, 2.75) is 52.9 Å². The number of anilines is 1. The molecule has 1 aliphatic heterocycles. The van der Waals surface area contributed by atoms with Crippen LogP contribution in [0.1, 0.15) is 62.5 Å². The third-order valence-corrected chi connectivity index (χ3v) is 4.28. The fraction of sp³-hybridized carbons (Fsp3) is 0.647. The van der Waals surface area contributed by atoms with Gasteiger partial charge in [0, 0.05) is 18.8 Å². The summed E-state index contributed by atoms with van der Waals surface area (Å²) < 4.78 is 0. The molecule has 0 unspecified atom stereocenters. The molecular formula is C17H26N2O2. The summed E-state index contributed by atoms with van der Waals surface area (Å²) in [5.41, 5.74) is 1.61. The second-order valence-electron chi connectivity index (χ2n) is 6.77. The molecule has 4 heteroatoms. The van der Waals surface area contributed by atoms with Gasteiger partial charge in [0.15, 0.2) is 0 Å². The van der Waals surface area contributed by atoms with Crippen LogP contribution < -0.4 is 4.90 Å². The van der Waals surface area contributed by atoms with Gasteiger partial charge in [0.2, 0.25) is 0 Å². The molecular weight excluding hydrogens is 264 g/mol. The van der Waals surface area contributed by atoms with E-state index in [1.165, 1.54) is 6.42 Å². The van der Waals surface area contributed by atoms with Gasteiger partial charge in [-0.2, -0.15) is 0 Å². The predicted molar refractivity (Wildman–Crippen MR) is 85.0 cm³/mol. The number of carbonyl (C=O) groups is 1. The van der Waals surface area contributed by atoms with Crippen molar-refractivity contribution in [3.63, 3.8) is 0 Å². The Hall–Kier alpha value is -1.58. The van der Waals surface area contributed by atoms with Crippen molar-refractivity contribution in [2.75, 3.05) is 18.0 Å². The Morgan fingerprint density at radius 3 is 2.76 bits per heavy atom. The average Bonchev–Trinajstić information content (AvgIpc) is 2.59. The van der Waals surface area contributed by atoms with Gasteiger partial charge in [-0.3, -0.25) is 0 Å². The molecule has 1 fully saturated rings. The zero-order valence-electron chi connectivity index (χ0n) is 13.4. The van der Waals surface area contributed by atoms with Crippen molar-refractivity contribution in [3.05, 3.63) is 23.4 Å². The first kappa shape index (κ1) is 15.8. The minimum Gasteiger partial charge on any atom is -0.478 e. The maximum Gasteiger partial charge on any atom is 0.335 e. The molecule has 4 nitrogen and oxygen atoms in total. The molecule has 1 aromatic heterocycles. The normalized spacial score (nSPS) is 18.3. The summed E-state index contributed by atoms with van der Waals surface area (Å²) in [4.78, 5) is 18.2. The number of hydrogen-bond donors (Lipinski definition) is 1. The van der Waals surface area contributed by atoms with Crippen LogP contribution in [0.5, 0.6) is 0 Å². The lowest BCUT2D eigenvalue weighted by molar-refractivity contribution is 0.0696. The average molecular weight is 290 g/mol. The molecule has 2 rings (SSSR count). The van der Waals surface area contributed by atoms with Crippen molar-refractivity contribution in [1.82, 2.24) is 4.98 Å². The first-order valence-electron chi connectivity index (χ1n) is 7.90. The van der Waals surface area contributed by atoms with Gasteiger partial charge in [-0.25, -0.2) is 9.78 Å². The van der Waals surface area contributed by atoms with Crippen LogP contribution in [0.4, 0.5) is 5.82 Å². The van der Waals surface area contributed by atoms with E-state index < -0.39 is 5.97 Å². The number of hydrogen-bond acceptors (Lipinski definition) is 3. The largest absolute Gasteiger partial charge is 0.478 e. The highest BCUT2D eigenvalue weighted by atomic mass is 16.4. The van der Waals surface area contributed by atoms with Crippen molar-refractivity contribution in [3.8, 4) is 0 Å².